The van der Waals surface area contributed by atoms with E-state index in [0.29, 0.717) is 11.7 Å². The molecule has 0 radical (unpaired) electrons. The van der Waals surface area contributed by atoms with E-state index in [2.05, 4.69) is 28.8 Å². The van der Waals surface area contributed by atoms with Crippen LogP contribution in [0.1, 0.15) is 45.6 Å². The molecule has 1 aromatic carbocycles. The Balaban J connectivity index is 1.86. The number of anilines is 1. The largest absolute Gasteiger partial charge is 0.411 e. The van der Waals surface area contributed by atoms with Gasteiger partial charge in [0.15, 0.2) is 0 Å². The second-order valence-corrected chi connectivity index (χ2v) is 7.77. The van der Waals surface area contributed by atoms with E-state index in [0.717, 1.165) is 38.1 Å². The highest BCUT2D eigenvalue weighted by atomic mass is 19.4. The highest BCUT2D eigenvalue weighted by Crippen LogP contribution is 2.19. The van der Waals surface area contributed by atoms with E-state index in [-0.39, 0.29) is 6.10 Å². The van der Waals surface area contributed by atoms with Crippen molar-refractivity contribution < 1.29 is 27.4 Å². The van der Waals surface area contributed by atoms with E-state index in [1.54, 1.807) is 12.1 Å². The number of rotatable bonds is 9. The Morgan fingerprint density at radius 3 is 2.48 bits per heavy atom. The second kappa shape index (κ2) is 10.9. The zero-order chi connectivity index (χ0) is 21.4. The van der Waals surface area contributed by atoms with Gasteiger partial charge in [-0.15, -0.1) is 0 Å². The molecular weight excluding hydrogens is 385 g/mol. The fraction of sp³-hybridized carbons (Fsp3) is 0.667. The molecule has 164 valence electrons. The predicted molar refractivity (Wildman–Crippen MR) is 106 cm³/mol. The lowest BCUT2D eigenvalue weighted by Gasteiger charge is -2.32. The molecule has 1 heterocycles. The first-order valence-electron chi connectivity index (χ1n) is 10.1. The number of nitrogens with one attached hydrogen (secondary N) is 1. The minimum atomic E-state index is -4.46. The maximum Gasteiger partial charge on any atom is 0.411 e. The van der Waals surface area contributed by atoms with Gasteiger partial charge in [-0.25, -0.2) is 0 Å². The first-order chi connectivity index (χ1) is 13.6. The Kier molecular flexibility index (Phi) is 8.92. The standard InChI is InChI=1S/C21H31F3N2O3/c1-15(2)26(13-19-6-4-5-11-28-19)12-17-7-9-18(10-8-17)25-20(27)16(3)29-14-21(22,23)24/h7-10,15-16,19H,4-6,11-14H2,1-3H3,(H,25,27)/t16-,19-/m0/s1. The smallest absolute Gasteiger partial charge is 0.377 e. The summed E-state index contributed by atoms with van der Waals surface area (Å²) in [4.78, 5) is 14.3. The topological polar surface area (TPSA) is 50.8 Å². The summed E-state index contributed by atoms with van der Waals surface area (Å²) in [5, 5.41) is 2.58. The van der Waals surface area contributed by atoms with Crippen LogP contribution < -0.4 is 5.32 Å². The number of ether oxygens (including phenoxy) is 2. The van der Waals surface area contributed by atoms with Crippen LogP contribution in [-0.4, -0.2) is 55.0 Å². The minimum absolute atomic E-state index is 0.267. The molecule has 1 aromatic rings. The van der Waals surface area contributed by atoms with Crippen molar-refractivity contribution in [2.45, 2.75) is 71.0 Å². The molecular formula is C21H31F3N2O3. The Morgan fingerprint density at radius 1 is 1.24 bits per heavy atom. The molecule has 1 fully saturated rings. The Morgan fingerprint density at radius 2 is 1.93 bits per heavy atom. The summed E-state index contributed by atoms with van der Waals surface area (Å²) in [5.74, 6) is -0.611. The summed E-state index contributed by atoms with van der Waals surface area (Å²) < 4.78 is 47.0. The van der Waals surface area contributed by atoms with E-state index in [4.69, 9.17) is 4.74 Å². The van der Waals surface area contributed by atoms with Crippen molar-refractivity contribution in [3.8, 4) is 0 Å². The zero-order valence-corrected chi connectivity index (χ0v) is 17.3. The van der Waals surface area contributed by atoms with E-state index in [1.165, 1.54) is 13.3 Å². The molecule has 1 aliphatic heterocycles. The van der Waals surface area contributed by atoms with Crippen LogP contribution in [0, 0.1) is 0 Å². The highest BCUT2D eigenvalue weighted by molar-refractivity contribution is 5.93. The van der Waals surface area contributed by atoms with Gasteiger partial charge in [-0.1, -0.05) is 12.1 Å². The average molecular weight is 416 g/mol. The summed E-state index contributed by atoms with van der Waals surface area (Å²) in [6.07, 6.45) is -1.96. The van der Waals surface area contributed by atoms with Gasteiger partial charge in [0.05, 0.1) is 6.10 Å². The van der Waals surface area contributed by atoms with Crippen molar-refractivity contribution in [1.29, 1.82) is 0 Å². The lowest BCUT2D eigenvalue weighted by molar-refractivity contribution is -0.184. The molecule has 1 saturated heterocycles. The Bertz CT molecular complexity index is 629. The van der Waals surface area contributed by atoms with Crippen LogP contribution in [0.5, 0.6) is 0 Å². The number of carbonyl (C=O) groups excluding carboxylic acids is 1. The number of carbonyl (C=O) groups is 1. The molecule has 0 saturated carbocycles. The normalized spacial score (nSPS) is 18.8. The average Bonchev–Trinajstić information content (AvgIpc) is 2.67. The molecule has 0 spiro atoms. The van der Waals surface area contributed by atoms with Crippen molar-refractivity contribution in [3.05, 3.63) is 29.8 Å². The van der Waals surface area contributed by atoms with Gasteiger partial charge in [-0.05, 0) is 57.7 Å². The van der Waals surface area contributed by atoms with Gasteiger partial charge < -0.3 is 14.8 Å². The van der Waals surface area contributed by atoms with E-state index in [1.807, 2.05) is 12.1 Å². The number of halogens is 3. The number of hydrogen-bond donors (Lipinski definition) is 1. The quantitative estimate of drug-likeness (QED) is 0.649. The number of benzene rings is 1. The fourth-order valence-electron chi connectivity index (χ4n) is 3.14. The monoisotopic (exact) mass is 416 g/mol. The summed E-state index contributed by atoms with van der Waals surface area (Å²) >= 11 is 0. The summed E-state index contributed by atoms with van der Waals surface area (Å²) in [6.45, 7) is 6.62. The van der Waals surface area contributed by atoms with Crippen LogP contribution >= 0.6 is 0 Å². The van der Waals surface area contributed by atoms with Gasteiger partial charge in [0.1, 0.15) is 12.7 Å². The molecule has 8 heteroatoms. The maximum atomic E-state index is 12.2. The van der Waals surface area contributed by atoms with Crippen LogP contribution in [0.4, 0.5) is 18.9 Å². The summed E-state index contributed by atoms with van der Waals surface area (Å²) in [7, 11) is 0. The van der Waals surface area contributed by atoms with Gasteiger partial charge in [0.2, 0.25) is 0 Å². The third-order valence-electron chi connectivity index (χ3n) is 4.92. The Labute approximate surface area is 170 Å². The fourth-order valence-corrected chi connectivity index (χ4v) is 3.14. The van der Waals surface area contributed by atoms with Crippen molar-refractivity contribution in [3.63, 3.8) is 0 Å². The number of hydrogen-bond acceptors (Lipinski definition) is 4. The van der Waals surface area contributed by atoms with E-state index in [9.17, 15) is 18.0 Å². The first-order valence-corrected chi connectivity index (χ1v) is 10.1. The van der Waals surface area contributed by atoms with E-state index < -0.39 is 24.8 Å². The molecule has 0 bridgehead atoms. The maximum absolute atomic E-state index is 12.2. The van der Waals surface area contributed by atoms with Crippen molar-refractivity contribution in [1.82, 2.24) is 4.90 Å². The van der Waals surface area contributed by atoms with Crippen LogP contribution in [0.25, 0.3) is 0 Å². The third kappa shape index (κ3) is 8.72. The highest BCUT2D eigenvalue weighted by Gasteiger charge is 2.30. The first kappa shape index (κ1) is 23.6. The van der Waals surface area contributed by atoms with Crippen molar-refractivity contribution in [2.75, 3.05) is 25.1 Å². The minimum Gasteiger partial charge on any atom is -0.377 e. The van der Waals surface area contributed by atoms with Crippen LogP contribution in [0.2, 0.25) is 0 Å². The molecule has 5 nitrogen and oxygen atoms in total. The molecule has 2 atom stereocenters. The lowest BCUT2D eigenvalue weighted by atomic mass is 10.1. The van der Waals surface area contributed by atoms with Crippen molar-refractivity contribution >= 4 is 11.6 Å². The Hall–Kier alpha value is -1.64. The lowest BCUT2D eigenvalue weighted by Crippen LogP contribution is -2.39. The predicted octanol–water partition coefficient (Wildman–Crippen LogP) is 4.37. The van der Waals surface area contributed by atoms with Gasteiger partial charge >= 0.3 is 6.18 Å². The zero-order valence-electron chi connectivity index (χ0n) is 17.3. The SMILES string of the molecule is CC(C)N(Cc1ccc(NC(=O)[C@H](C)OCC(F)(F)F)cc1)C[C@@H]1CCCCO1. The molecule has 1 N–H and O–H groups in total. The molecule has 29 heavy (non-hydrogen) atoms. The molecule has 1 aliphatic rings. The molecule has 2 rings (SSSR count). The van der Waals surface area contributed by atoms with Gasteiger partial charge in [0.25, 0.3) is 5.91 Å². The van der Waals surface area contributed by atoms with E-state index >= 15 is 0 Å². The van der Waals surface area contributed by atoms with Crippen LogP contribution in [0.15, 0.2) is 24.3 Å². The van der Waals surface area contributed by atoms with Crippen LogP contribution in [-0.2, 0) is 20.8 Å². The van der Waals surface area contributed by atoms with Crippen molar-refractivity contribution in [2.24, 2.45) is 0 Å². The van der Waals surface area contributed by atoms with Crippen LogP contribution in [0.3, 0.4) is 0 Å². The third-order valence-corrected chi connectivity index (χ3v) is 4.92. The van der Waals surface area contributed by atoms with Gasteiger partial charge in [-0.2, -0.15) is 13.2 Å². The number of alkyl halides is 3. The molecule has 0 aromatic heterocycles. The molecule has 1 amide bonds. The van der Waals surface area contributed by atoms with Gasteiger partial charge in [-0.3, -0.25) is 9.69 Å². The second-order valence-electron chi connectivity index (χ2n) is 7.77. The summed E-state index contributed by atoms with van der Waals surface area (Å²) in [5.41, 5.74) is 1.61. The molecule has 0 aliphatic carbocycles. The number of nitrogens with zero attached hydrogens (tertiary/aromatic N) is 1. The molecule has 0 unspecified atom stereocenters. The number of amides is 1. The van der Waals surface area contributed by atoms with Gasteiger partial charge in [0, 0.05) is 31.4 Å². The summed E-state index contributed by atoms with van der Waals surface area (Å²) in [6, 6.07) is 7.69.